The van der Waals surface area contributed by atoms with E-state index in [0.29, 0.717) is 12.5 Å². The minimum absolute atomic E-state index is 0.145. The van der Waals surface area contributed by atoms with Crippen LogP contribution in [0, 0.1) is 5.41 Å². The van der Waals surface area contributed by atoms with Gasteiger partial charge in [-0.2, -0.15) is 0 Å². The first-order valence-electron chi connectivity index (χ1n) is 8.15. The lowest BCUT2D eigenvalue weighted by molar-refractivity contribution is -0.133. The summed E-state index contributed by atoms with van der Waals surface area (Å²) in [7, 11) is -1.69. The molecule has 0 N–H and O–H groups in total. The van der Waals surface area contributed by atoms with Crippen LogP contribution in [0.4, 0.5) is 0 Å². The second kappa shape index (κ2) is 7.85. The molecule has 0 amide bonds. The summed E-state index contributed by atoms with van der Waals surface area (Å²) in [5, 5.41) is 0. The first-order valence-corrected chi connectivity index (χ1v) is 12.4. The normalized spacial score (nSPS) is 16.7. The topological polar surface area (TPSA) is 40.0 Å². The summed E-state index contributed by atoms with van der Waals surface area (Å²) in [6.45, 7) is 14.5. The smallest absolute Gasteiger partial charge is 0.244 e. The van der Waals surface area contributed by atoms with Crippen LogP contribution in [0.25, 0.3) is 0 Å². The molecule has 0 radical (unpaired) electrons. The highest BCUT2D eigenvalue weighted by molar-refractivity contribution is 9.10. The lowest BCUT2D eigenvalue weighted by Crippen LogP contribution is -2.46. The molecular formula is C18H26BrNO3Si. The number of nitrogens with zero attached hydrogens (tertiary/aromatic N) is 1. The lowest BCUT2D eigenvalue weighted by atomic mass is 9.84. The summed E-state index contributed by atoms with van der Waals surface area (Å²) in [6, 6.07) is 5.91. The molecule has 1 saturated heterocycles. The van der Waals surface area contributed by atoms with Gasteiger partial charge in [-0.15, -0.1) is 0 Å². The maximum Gasteiger partial charge on any atom is 0.244 e. The molecule has 0 atom stereocenters. The number of aliphatic imine (C=N–C) groups is 1. The van der Waals surface area contributed by atoms with E-state index in [-0.39, 0.29) is 5.41 Å². The minimum Gasteiger partial charge on any atom is -0.532 e. The Balaban J connectivity index is 2.08. The Hall–Kier alpha value is -1.11. The van der Waals surface area contributed by atoms with E-state index >= 15 is 0 Å². The fraction of sp³-hybridized carbons (Fsp3) is 0.500. The van der Waals surface area contributed by atoms with Crippen LogP contribution in [0.1, 0.15) is 18.9 Å². The molecule has 0 bridgehead atoms. The highest BCUT2D eigenvalue weighted by Gasteiger charge is 2.37. The van der Waals surface area contributed by atoms with Crippen LogP contribution in [-0.2, 0) is 9.16 Å². The fourth-order valence-corrected chi connectivity index (χ4v) is 3.42. The lowest BCUT2D eigenvalue weighted by Gasteiger charge is -2.40. The van der Waals surface area contributed by atoms with Crippen LogP contribution in [0.5, 0.6) is 5.75 Å². The van der Waals surface area contributed by atoms with Crippen LogP contribution in [0.2, 0.25) is 19.6 Å². The van der Waals surface area contributed by atoms with E-state index in [1.165, 1.54) is 0 Å². The molecule has 1 aliphatic rings. The van der Waals surface area contributed by atoms with Crippen LogP contribution in [0.15, 0.2) is 40.1 Å². The summed E-state index contributed by atoms with van der Waals surface area (Å²) in [5.74, 6) is 1.25. The summed E-state index contributed by atoms with van der Waals surface area (Å²) in [6.07, 6.45) is 2.80. The van der Waals surface area contributed by atoms with Gasteiger partial charge in [0.25, 0.3) is 0 Å². The Morgan fingerprint density at radius 2 is 2.12 bits per heavy atom. The van der Waals surface area contributed by atoms with E-state index < -0.39 is 8.32 Å². The van der Waals surface area contributed by atoms with Gasteiger partial charge in [0.05, 0.1) is 25.2 Å². The largest absolute Gasteiger partial charge is 0.532 e. The third-order valence-corrected chi connectivity index (χ3v) is 5.19. The van der Waals surface area contributed by atoms with Gasteiger partial charge in [-0.1, -0.05) is 22.9 Å². The maximum atomic E-state index is 6.07. The zero-order valence-electron chi connectivity index (χ0n) is 14.9. The van der Waals surface area contributed by atoms with Gasteiger partial charge in [0.15, 0.2) is 5.88 Å². The van der Waals surface area contributed by atoms with E-state index in [9.17, 15) is 0 Å². The second-order valence-electron chi connectivity index (χ2n) is 7.18. The Morgan fingerprint density at radius 3 is 2.67 bits per heavy atom. The first kappa shape index (κ1) is 19.2. The SMILES string of the molecule is C=C(N=Cc1cc(Br)ccc1OCC1(CC)COC1)O[Si](C)(C)C. The number of halogens is 1. The van der Waals surface area contributed by atoms with Gasteiger partial charge < -0.3 is 13.9 Å². The van der Waals surface area contributed by atoms with Crippen molar-refractivity contribution in [2.45, 2.75) is 33.0 Å². The monoisotopic (exact) mass is 411 g/mol. The molecule has 0 unspecified atom stereocenters. The Morgan fingerprint density at radius 1 is 1.42 bits per heavy atom. The fourth-order valence-electron chi connectivity index (χ4n) is 2.28. The van der Waals surface area contributed by atoms with Gasteiger partial charge in [0.1, 0.15) is 5.75 Å². The number of benzene rings is 1. The van der Waals surface area contributed by atoms with Crippen molar-refractivity contribution >= 4 is 30.5 Å². The Labute approximate surface area is 154 Å². The van der Waals surface area contributed by atoms with Gasteiger partial charge in [-0.05, 0) is 50.8 Å². The molecule has 1 aromatic rings. The van der Waals surface area contributed by atoms with E-state index in [0.717, 1.165) is 35.4 Å². The summed E-state index contributed by atoms with van der Waals surface area (Å²) >= 11 is 3.50. The van der Waals surface area contributed by atoms with Gasteiger partial charge in [0, 0.05) is 16.3 Å². The van der Waals surface area contributed by atoms with Crippen molar-refractivity contribution in [2.24, 2.45) is 10.4 Å². The van der Waals surface area contributed by atoms with Crippen LogP contribution in [-0.4, -0.2) is 34.4 Å². The molecule has 4 nitrogen and oxygen atoms in total. The molecule has 2 rings (SSSR count). The Kier molecular flexibility index (Phi) is 6.28. The third kappa shape index (κ3) is 5.46. The van der Waals surface area contributed by atoms with Gasteiger partial charge >= 0.3 is 0 Å². The molecule has 0 aromatic heterocycles. The molecule has 1 heterocycles. The molecule has 0 spiro atoms. The van der Waals surface area contributed by atoms with E-state index in [1.807, 2.05) is 18.2 Å². The van der Waals surface area contributed by atoms with Crippen LogP contribution < -0.4 is 4.74 Å². The average Bonchev–Trinajstić information content (AvgIpc) is 2.44. The van der Waals surface area contributed by atoms with E-state index in [2.05, 4.69) is 54.1 Å². The predicted octanol–water partition coefficient (Wildman–Crippen LogP) is 5.00. The molecule has 1 aromatic carbocycles. The number of hydrogen-bond donors (Lipinski definition) is 0. The summed E-state index contributed by atoms with van der Waals surface area (Å²) < 4.78 is 18.2. The quantitative estimate of drug-likeness (QED) is 0.343. The highest BCUT2D eigenvalue weighted by Crippen LogP contribution is 2.33. The third-order valence-electron chi connectivity index (χ3n) is 3.84. The van der Waals surface area contributed by atoms with Crippen molar-refractivity contribution in [3.63, 3.8) is 0 Å². The van der Waals surface area contributed by atoms with Crippen LogP contribution >= 0.6 is 15.9 Å². The van der Waals surface area contributed by atoms with Crippen molar-refractivity contribution in [2.75, 3.05) is 19.8 Å². The molecule has 6 heteroatoms. The standard InChI is InChI=1S/C18H26BrNO3Si/c1-6-18(11-21-12-18)13-22-17-8-7-16(19)9-15(17)10-20-14(2)23-24(3,4)5/h7-10H,2,6,11-13H2,1,3-5H3. The molecule has 0 saturated carbocycles. The molecule has 0 aliphatic carbocycles. The predicted molar refractivity (Wildman–Crippen MR) is 104 cm³/mol. The molecule has 24 heavy (non-hydrogen) atoms. The molecule has 1 fully saturated rings. The zero-order valence-corrected chi connectivity index (χ0v) is 17.5. The average molecular weight is 412 g/mol. The van der Waals surface area contributed by atoms with Crippen molar-refractivity contribution in [3.05, 3.63) is 40.7 Å². The van der Waals surface area contributed by atoms with Gasteiger partial charge in [-0.25, -0.2) is 4.99 Å². The minimum atomic E-state index is -1.69. The van der Waals surface area contributed by atoms with Crippen molar-refractivity contribution in [3.8, 4) is 5.75 Å². The summed E-state index contributed by atoms with van der Waals surface area (Å²) in [5.41, 5.74) is 1.04. The van der Waals surface area contributed by atoms with Crippen LogP contribution in [0.3, 0.4) is 0 Å². The molecule has 1 aliphatic heterocycles. The van der Waals surface area contributed by atoms with Crippen molar-refractivity contribution < 1.29 is 13.9 Å². The number of ether oxygens (including phenoxy) is 2. The molecular weight excluding hydrogens is 386 g/mol. The van der Waals surface area contributed by atoms with Crippen molar-refractivity contribution in [1.82, 2.24) is 0 Å². The second-order valence-corrected chi connectivity index (χ2v) is 12.5. The maximum absolute atomic E-state index is 6.07. The van der Waals surface area contributed by atoms with E-state index in [1.54, 1.807) is 6.21 Å². The summed E-state index contributed by atoms with van der Waals surface area (Å²) in [4.78, 5) is 4.35. The van der Waals surface area contributed by atoms with Crippen molar-refractivity contribution in [1.29, 1.82) is 0 Å². The Bertz CT molecular complexity index is 616. The number of hydrogen-bond acceptors (Lipinski definition) is 4. The van der Waals surface area contributed by atoms with Gasteiger partial charge in [-0.3, -0.25) is 0 Å². The number of rotatable bonds is 8. The molecule has 132 valence electrons. The van der Waals surface area contributed by atoms with E-state index in [4.69, 9.17) is 13.9 Å². The first-order chi connectivity index (χ1) is 11.2. The zero-order chi connectivity index (χ0) is 17.8. The van der Waals surface area contributed by atoms with Gasteiger partial charge in [0.2, 0.25) is 8.32 Å². The highest BCUT2D eigenvalue weighted by atomic mass is 79.9.